The molecular weight excluding hydrogens is 358 g/mol. The molecule has 1 fully saturated rings. The van der Waals surface area contributed by atoms with Gasteiger partial charge in [-0.1, -0.05) is 24.3 Å². The zero-order valence-electron chi connectivity index (χ0n) is 15.9. The molecule has 0 unspecified atom stereocenters. The molecule has 5 nitrogen and oxygen atoms in total. The summed E-state index contributed by atoms with van der Waals surface area (Å²) in [5.74, 6) is 0.241. The number of nitrogens with zero attached hydrogens (tertiary/aromatic N) is 3. The van der Waals surface area contributed by atoms with Crippen LogP contribution < -0.4 is 0 Å². The van der Waals surface area contributed by atoms with Crippen LogP contribution in [0.4, 0.5) is 0 Å². The summed E-state index contributed by atoms with van der Waals surface area (Å²) in [6.45, 7) is 3.29. The van der Waals surface area contributed by atoms with Gasteiger partial charge in [0.1, 0.15) is 0 Å². The molecule has 1 aliphatic heterocycles. The molecule has 0 N–H and O–H groups in total. The summed E-state index contributed by atoms with van der Waals surface area (Å²) in [6.07, 6.45) is 2.06. The monoisotopic (exact) mass is 383 g/mol. The normalized spacial score (nSPS) is 16.6. The maximum absolute atomic E-state index is 13.0. The Labute approximate surface area is 164 Å². The Kier molecular flexibility index (Phi) is 5.02. The van der Waals surface area contributed by atoms with E-state index >= 15 is 0 Å². The average Bonchev–Trinajstić information content (AvgIpc) is 3.13. The van der Waals surface area contributed by atoms with Gasteiger partial charge >= 0.3 is 0 Å². The van der Waals surface area contributed by atoms with Gasteiger partial charge in [-0.2, -0.15) is 0 Å². The Bertz CT molecular complexity index is 866. The van der Waals surface area contributed by atoms with Crippen LogP contribution in [0.2, 0.25) is 0 Å². The third kappa shape index (κ3) is 3.64. The molecule has 2 heterocycles. The minimum atomic E-state index is 0.111. The Morgan fingerprint density at radius 1 is 1.04 bits per heavy atom. The number of fused-ring (bicyclic) bond motifs is 3. The molecule has 0 atom stereocenters. The summed E-state index contributed by atoms with van der Waals surface area (Å²) in [5, 5.41) is 0. The third-order valence-corrected chi connectivity index (χ3v) is 6.66. The van der Waals surface area contributed by atoms with Gasteiger partial charge in [-0.25, -0.2) is 0 Å². The minimum absolute atomic E-state index is 0.111. The van der Waals surface area contributed by atoms with Crippen molar-refractivity contribution in [2.45, 2.75) is 12.8 Å². The topological polar surface area (TPSA) is 43.9 Å². The molecule has 0 radical (unpaired) electrons. The largest absolute Gasteiger partial charge is 0.348 e. The van der Waals surface area contributed by atoms with E-state index in [0.29, 0.717) is 19.6 Å². The SMILES string of the molecule is CN(C)C(=O)CN1CCN(C(=O)c2cc3c(s2)-c2ccccc2CC3)CC1. The van der Waals surface area contributed by atoms with E-state index in [2.05, 4.69) is 35.2 Å². The molecule has 2 aliphatic rings. The van der Waals surface area contributed by atoms with Gasteiger partial charge in [-0.3, -0.25) is 14.5 Å². The van der Waals surface area contributed by atoms with Crippen molar-refractivity contribution in [3.8, 4) is 10.4 Å². The average molecular weight is 384 g/mol. The number of aryl methyl sites for hydroxylation is 2. The summed E-state index contributed by atoms with van der Waals surface area (Å²) in [4.78, 5) is 32.7. The fourth-order valence-corrected chi connectivity index (χ4v) is 5.01. The standard InChI is InChI=1S/C21H25N3O2S/c1-22(2)19(25)14-23-9-11-24(12-10-23)21(26)18-13-16-8-7-15-5-3-4-6-17(15)20(16)27-18/h3-6,13H,7-12,14H2,1-2H3. The molecule has 0 spiro atoms. The Balaban J connectivity index is 1.43. The second-order valence-electron chi connectivity index (χ2n) is 7.48. The molecule has 2 amide bonds. The number of rotatable bonds is 3. The molecule has 1 aromatic heterocycles. The van der Waals surface area contributed by atoms with E-state index in [1.165, 1.54) is 21.6 Å². The van der Waals surface area contributed by atoms with E-state index in [4.69, 9.17) is 0 Å². The first-order chi connectivity index (χ1) is 13.0. The molecule has 1 saturated heterocycles. The van der Waals surface area contributed by atoms with Gasteiger partial charge in [0.05, 0.1) is 11.4 Å². The van der Waals surface area contributed by atoms with E-state index in [9.17, 15) is 9.59 Å². The molecule has 1 aromatic carbocycles. The van der Waals surface area contributed by atoms with Crippen molar-refractivity contribution in [1.82, 2.24) is 14.7 Å². The van der Waals surface area contributed by atoms with E-state index in [1.54, 1.807) is 30.3 Å². The number of hydrogen-bond donors (Lipinski definition) is 0. The van der Waals surface area contributed by atoms with Crippen molar-refractivity contribution in [2.75, 3.05) is 46.8 Å². The van der Waals surface area contributed by atoms with Gasteiger partial charge in [-0.15, -0.1) is 11.3 Å². The smallest absolute Gasteiger partial charge is 0.264 e. The van der Waals surface area contributed by atoms with Crippen LogP contribution in [0.15, 0.2) is 30.3 Å². The minimum Gasteiger partial charge on any atom is -0.348 e. The summed E-state index contributed by atoms with van der Waals surface area (Å²) in [5.41, 5.74) is 3.97. The zero-order chi connectivity index (χ0) is 19.0. The number of piperazine rings is 1. The van der Waals surface area contributed by atoms with E-state index in [-0.39, 0.29) is 11.8 Å². The highest BCUT2D eigenvalue weighted by Gasteiger charge is 2.27. The molecule has 0 bridgehead atoms. The van der Waals surface area contributed by atoms with Gasteiger partial charge in [-0.05, 0) is 35.6 Å². The van der Waals surface area contributed by atoms with Crippen molar-refractivity contribution in [3.63, 3.8) is 0 Å². The number of carbonyl (C=O) groups excluding carboxylic acids is 2. The number of carbonyl (C=O) groups is 2. The maximum Gasteiger partial charge on any atom is 0.264 e. The van der Waals surface area contributed by atoms with Gasteiger partial charge in [0.25, 0.3) is 5.91 Å². The highest BCUT2D eigenvalue weighted by Crippen LogP contribution is 2.39. The fourth-order valence-electron chi connectivity index (χ4n) is 3.77. The van der Waals surface area contributed by atoms with Crippen molar-refractivity contribution in [2.24, 2.45) is 0 Å². The zero-order valence-corrected chi connectivity index (χ0v) is 16.7. The van der Waals surface area contributed by atoms with Crippen LogP contribution in [0.5, 0.6) is 0 Å². The summed E-state index contributed by atoms with van der Waals surface area (Å²) < 4.78 is 0. The van der Waals surface area contributed by atoms with Crippen LogP contribution in [0, 0.1) is 0 Å². The first kappa shape index (κ1) is 18.2. The molecule has 27 heavy (non-hydrogen) atoms. The van der Waals surface area contributed by atoms with E-state index in [0.717, 1.165) is 30.8 Å². The van der Waals surface area contributed by atoms with Crippen LogP contribution >= 0.6 is 11.3 Å². The van der Waals surface area contributed by atoms with Gasteiger partial charge in [0, 0.05) is 45.2 Å². The summed E-state index contributed by atoms with van der Waals surface area (Å²) in [7, 11) is 3.55. The molecule has 142 valence electrons. The Morgan fingerprint density at radius 3 is 2.48 bits per heavy atom. The van der Waals surface area contributed by atoms with Gasteiger partial charge < -0.3 is 9.80 Å². The lowest BCUT2D eigenvalue weighted by Gasteiger charge is -2.34. The number of amides is 2. The van der Waals surface area contributed by atoms with E-state index < -0.39 is 0 Å². The molecule has 0 saturated carbocycles. The molecule has 2 aromatic rings. The van der Waals surface area contributed by atoms with Crippen LogP contribution in [0.3, 0.4) is 0 Å². The molecule has 6 heteroatoms. The van der Waals surface area contributed by atoms with Crippen LogP contribution in [0.25, 0.3) is 10.4 Å². The highest BCUT2D eigenvalue weighted by atomic mass is 32.1. The molecular formula is C21H25N3O2S. The maximum atomic E-state index is 13.0. The van der Waals surface area contributed by atoms with Crippen molar-refractivity contribution in [3.05, 3.63) is 46.3 Å². The predicted molar refractivity (Wildman–Crippen MR) is 108 cm³/mol. The second-order valence-corrected chi connectivity index (χ2v) is 8.53. The highest BCUT2D eigenvalue weighted by molar-refractivity contribution is 7.17. The first-order valence-electron chi connectivity index (χ1n) is 9.45. The van der Waals surface area contributed by atoms with Crippen molar-refractivity contribution in [1.29, 1.82) is 0 Å². The first-order valence-corrected chi connectivity index (χ1v) is 10.3. The molecule has 1 aliphatic carbocycles. The Morgan fingerprint density at radius 2 is 1.74 bits per heavy atom. The Hall–Kier alpha value is -2.18. The van der Waals surface area contributed by atoms with E-state index in [1.807, 2.05) is 4.90 Å². The predicted octanol–water partition coefficient (Wildman–Crippen LogP) is 2.36. The summed E-state index contributed by atoms with van der Waals surface area (Å²) in [6, 6.07) is 10.6. The second kappa shape index (κ2) is 7.44. The van der Waals surface area contributed by atoms with Gasteiger partial charge in [0.15, 0.2) is 0 Å². The number of benzene rings is 1. The number of thiophene rings is 1. The lowest BCUT2D eigenvalue weighted by Crippen LogP contribution is -2.50. The van der Waals surface area contributed by atoms with Crippen molar-refractivity contribution >= 4 is 23.2 Å². The molecule has 4 rings (SSSR count). The third-order valence-electron chi connectivity index (χ3n) is 5.46. The lowest BCUT2D eigenvalue weighted by molar-refractivity contribution is -0.130. The summed E-state index contributed by atoms with van der Waals surface area (Å²) >= 11 is 1.63. The van der Waals surface area contributed by atoms with Gasteiger partial charge in [0.2, 0.25) is 5.91 Å². The van der Waals surface area contributed by atoms with Crippen LogP contribution in [-0.2, 0) is 17.6 Å². The number of hydrogen-bond acceptors (Lipinski definition) is 4. The quantitative estimate of drug-likeness (QED) is 0.817. The lowest BCUT2D eigenvalue weighted by atomic mass is 9.91. The van der Waals surface area contributed by atoms with Crippen LogP contribution in [0.1, 0.15) is 20.8 Å². The number of likely N-dealkylation sites (N-methyl/N-ethyl adjacent to an activating group) is 1. The van der Waals surface area contributed by atoms with Crippen LogP contribution in [-0.4, -0.2) is 73.3 Å². The van der Waals surface area contributed by atoms with Crippen molar-refractivity contribution < 1.29 is 9.59 Å². The fraction of sp³-hybridized carbons (Fsp3) is 0.429.